The fourth-order valence-electron chi connectivity index (χ4n) is 2.54. The maximum atomic E-state index is 6.30. The predicted octanol–water partition coefficient (Wildman–Crippen LogP) is 3.25. The first-order chi connectivity index (χ1) is 10.3. The molecule has 2 aliphatic rings. The minimum atomic E-state index is 0.566. The third-order valence-electron chi connectivity index (χ3n) is 3.78. The lowest BCUT2D eigenvalue weighted by atomic mass is 10.2. The van der Waals surface area contributed by atoms with Crippen LogP contribution in [0.3, 0.4) is 0 Å². The lowest BCUT2D eigenvalue weighted by molar-refractivity contribution is 0.171. The van der Waals surface area contributed by atoms with Crippen LogP contribution in [0, 0.1) is 0 Å². The molecule has 21 heavy (non-hydrogen) atoms. The van der Waals surface area contributed by atoms with Gasteiger partial charge in [0, 0.05) is 24.4 Å². The summed E-state index contributed by atoms with van der Waals surface area (Å²) in [6.45, 7) is 1.83. The molecule has 6 heteroatoms. The molecule has 5 nitrogen and oxygen atoms in total. The molecule has 2 heterocycles. The number of nitrogens with zero attached hydrogens (tertiary/aromatic N) is 2. The molecule has 1 aliphatic heterocycles. The summed E-state index contributed by atoms with van der Waals surface area (Å²) in [5.74, 6) is 1.45. The van der Waals surface area contributed by atoms with E-state index in [2.05, 4.69) is 14.9 Å². The van der Waals surface area contributed by atoms with Crippen molar-refractivity contribution in [2.45, 2.75) is 25.4 Å². The Morgan fingerprint density at radius 2 is 2.00 bits per heavy atom. The van der Waals surface area contributed by atoms with E-state index in [1.165, 1.54) is 18.5 Å². The Balaban J connectivity index is 1.52. The van der Waals surface area contributed by atoms with Crippen LogP contribution >= 0.6 is 11.6 Å². The van der Waals surface area contributed by atoms with E-state index in [-0.39, 0.29) is 0 Å². The first-order valence-corrected chi connectivity index (χ1v) is 7.53. The molecule has 1 aromatic heterocycles. The molecule has 1 aromatic carbocycles. The van der Waals surface area contributed by atoms with Crippen molar-refractivity contribution in [3.8, 4) is 11.5 Å². The molecule has 110 valence electrons. The summed E-state index contributed by atoms with van der Waals surface area (Å²) >= 11 is 6.30. The number of hydrogen-bond acceptors (Lipinski definition) is 4. The average molecular weight is 306 g/mol. The van der Waals surface area contributed by atoms with E-state index in [4.69, 9.17) is 21.1 Å². The molecule has 1 N–H and O–H groups in total. The third kappa shape index (κ3) is 2.53. The number of aromatic nitrogens is 2. The minimum absolute atomic E-state index is 0.566. The van der Waals surface area contributed by atoms with E-state index in [1.807, 2.05) is 18.6 Å². The maximum Gasteiger partial charge on any atom is 0.163 e. The van der Waals surface area contributed by atoms with Crippen LogP contribution in [0.15, 0.2) is 24.7 Å². The van der Waals surface area contributed by atoms with Crippen LogP contribution in [0.25, 0.3) is 0 Å². The highest BCUT2D eigenvalue weighted by Gasteiger charge is 2.25. The molecule has 0 radical (unpaired) electrons. The molecule has 0 bridgehead atoms. The van der Waals surface area contributed by atoms with Gasteiger partial charge in [0.05, 0.1) is 29.3 Å². The molecule has 0 saturated heterocycles. The standard InChI is InChI=1S/C15H16ClN3O2/c16-12-5-14-15(21-4-3-20-14)6-13(12)18-8-11-7-17-9-19(11)10-1-2-10/h5-7,9-10,18H,1-4,8H2. The van der Waals surface area contributed by atoms with Crippen LogP contribution in [0.2, 0.25) is 5.02 Å². The molecular formula is C15H16ClN3O2. The SMILES string of the molecule is Clc1cc2c(cc1NCc1cncn1C1CC1)OCCO2. The van der Waals surface area contributed by atoms with Crippen molar-refractivity contribution in [2.75, 3.05) is 18.5 Å². The predicted molar refractivity (Wildman–Crippen MR) is 80.3 cm³/mol. The number of nitrogens with one attached hydrogen (secondary N) is 1. The lowest BCUT2D eigenvalue weighted by Crippen LogP contribution is -2.15. The average Bonchev–Trinajstić information content (AvgIpc) is 3.24. The number of imidazole rings is 1. The topological polar surface area (TPSA) is 48.3 Å². The highest BCUT2D eigenvalue weighted by Crippen LogP contribution is 2.39. The number of anilines is 1. The fraction of sp³-hybridized carbons (Fsp3) is 0.400. The molecule has 1 fully saturated rings. The Kier molecular flexibility index (Phi) is 3.15. The molecule has 1 aliphatic carbocycles. The second kappa shape index (κ2) is 5.15. The highest BCUT2D eigenvalue weighted by molar-refractivity contribution is 6.33. The van der Waals surface area contributed by atoms with E-state index in [1.54, 1.807) is 6.07 Å². The van der Waals surface area contributed by atoms with E-state index >= 15 is 0 Å². The zero-order chi connectivity index (χ0) is 14.2. The molecule has 1 saturated carbocycles. The summed E-state index contributed by atoms with van der Waals surface area (Å²) in [5.41, 5.74) is 2.02. The molecule has 4 rings (SSSR count). The molecule has 0 unspecified atom stereocenters. The van der Waals surface area contributed by atoms with Gasteiger partial charge in [0.15, 0.2) is 11.5 Å². The molecule has 2 aromatic rings. The van der Waals surface area contributed by atoms with E-state index in [0.29, 0.717) is 36.6 Å². The highest BCUT2D eigenvalue weighted by atomic mass is 35.5. The number of halogens is 1. The number of ether oxygens (including phenoxy) is 2. The van der Waals surface area contributed by atoms with Gasteiger partial charge in [0.1, 0.15) is 13.2 Å². The van der Waals surface area contributed by atoms with E-state index in [9.17, 15) is 0 Å². The van der Waals surface area contributed by atoms with Gasteiger partial charge >= 0.3 is 0 Å². The van der Waals surface area contributed by atoms with Crippen LogP contribution in [0.1, 0.15) is 24.6 Å². The van der Waals surface area contributed by atoms with Crippen LogP contribution in [0.4, 0.5) is 5.69 Å². The Bertz CT molecular complexity index is 667. The number of benzene rings is 1. The van der Waals surface area contributed by atoms with Gasteiger partial charge in [-0.2, -0.15) is 0 Å². The zero-order valence-electron chi connectivity index (χ0n) is 11.5. The van der Waals surface area contributed by atoms with Gasteiger partial charge in [-0.25, -0.2) is 4.98 Å². The Hall–Kier alpha value is -1.88. The Morgan fingerprint density at radius 1 is 1.24 bits per heavy atom. The quantitative estimate of drug-likeness (QED) is 0.942. The number of rotatable bonds is 4. The minimum Gasteiger partial charge on any atom is -0.486 e. The monoisotopic (exact) mass is 305 g/mol. The maximum absolute atomic E-state index is 6.30. The van der Waals surface area contributed by atoms with Crippen LogP contribution in [-0.2, 0) is 6.54 Å². The summed E-state index contributed by atoms with van der Waals surface area (Å²) < 4.78 is 13.3. The van der Waals surface area contributed by atoms with Gasteiger partial charge in [-0.1, -0.05) is 11.6 Å². The van der Waals surface area contributed by atoms with Gasteiger partial charge < -0.3 is 19.4 Å². The molecule has 0 atom stereocenters. The van der Waals surface area contributed by atoms with Gasteiger partial charge in [0.25, 0.3) is 0 Å². The smallest absolute Gasteiger partial charge is 0.163 e. The van der Waals surface area contributed by atoms with Crippen molar-refractivity contribution in [2.24, 2.45) is 0 Å². The zero-order valence-corrected chi connectivity index (χ0v) is 12.3. The van der Waals surface area contributed by atoms with Crippen molar-refractivity contribution in [3.63, 3.8) is 0 Å². The van der Waals surface area contributed by atoms with Crippen molar-refractivity contribution in [1.29, 1.82) is 0 Å². The first kappa shape index (κ1) is 12.8. The van der Waals surface area contributed by atoms with Crippen LogP contribution in [0.5, 0.6) is 11.5 Å². The second-order valence-electron chi connectivity index (χ2n) is 5.35. The van der Waals surface area contributed by atoms with E-state index in [0.717, 1.165) is 11.4 Å². The normalized spacial score (nSPS) is 16.8. The fourth-order valence-corrected chi connectivity index (χ4v) is 2.76. The Labute approximate surface area is 127 Å². The Morgan fingerprint density at radius 3 is 2.76 bits per heavy atom. The van der Waals surface area contributed by atoms with Gasteiger partial charge in [0.2, 0.25) is 0 Å². The van der Waals surface area contributed by atoms with Gasteiger partial charge in [-0.15, -0.1) is 0 Å². The summed E-state index contributed by atoms with van der Waals surface area (Å²) in [7, 11) is 0. The number of fused-ring (bicyclic) bond motifs is 1. The van der Waals surface area contributed by atoms with Crippen molar-refractivity contribution >= 4 is 17.3 Å². The second-order valence-corrected chi connectivity index (χ2v) is 5.76. The van der Waals surface area contributed by atoms with Crippen LogP contribution in [-0.4, -0.2) is 22.8 Å². The molecule has 0 amide bonds. The van der Waals surface area contributed by atoms with Crippen LogP contribution < -0.4 is 14.8 Å². The summed E-state index contributed by atoms with van der Waals surface area (Å²) in [4.78, 5) is 4.23. The number of hydrogen-bond donors (Lipinski definition) is 1. The summed E-state index contributed by atoms with van der Waals surface area (Å²) in [5, 5.41) is 4.00. The third-order valence-corrected chi connectivity index (χ3v) is 4.09. The van der Waals surface area contributed by atoms with Gasteiger partial charge in [-0.05, 0) is 12.8 Å². The summed E-state index contributed by atoms with van der Waals surface area (Å²) in [6, 6.07) is 4.32. The van der Waals surface area contributed by atoms with Crippen molar-refractivity contribution < 1.29 is 9.47 Å². The lowest BCUT2D eigenvalue weighted by Gasteiger charge is -2.20. The summed E-state index contributed by atoms with van der Waals surface area (Å²) in [6.07, 6.45) is 6.29. The van der Waals surface area contributed by atoms with Crippen molar-refractivity contribution in [1.82, 2.24) is 9.55 Å². The van der Waals surface area contributed by atoms with Crippen molar-refractivity contribution in [3.05, 3.63) is 35.4 Å². The molecular weight excluding hydrogens is 290 g/mol. The molecule has 0 spiro atoms. The van der Waals surface area contributed by atoms with E-state index < -0.39 is 0 Å². The first-order valence-electron chi connectivity index (χ1n) is 7.15. The largest absolute Gasteiger partial charge is 0.486 e. The van der Waals surface area contributed by atoms with Gasteiger partial charge in [-0.3, -0.25) is 0 Å².